The van der Waals surface area contributed by atoms with Gasteiger partial charge in [-0.15, -0.1) is 0 Å². The van der Waals surface area contributed by atoms with Crippen molar-refractivity contribution in [2.24, 2.45) is 0 Å². The van der Waals surface area contributed by atoms with Crippen LogP contribution < -0.4 is 15.4 Å². The van der Waals surface area contributed by atoms with Crippen molar-refractivity contribution >= 4 is 23.2 Å². The Hall–Kier alpha value is -3.02. The van der Waals surface area contributed by atoms with Crippen molar-refractivity contribution in [3.63, 3.8) is 0 Å². The minimum atomic E-state index is -0.180. The molecule has 0 aliphatic carbocycles. The molecule has 6 heteroatoms. The lowest BCUT2D eigenvalue weighted by Gasteiger charge is -2.19. The van der Waals surface area contributed by atoms with E-state index in [2.05, 4.69) is 17.6 Å². The largest absolute Gasteiger partial charge is 0.494 e. The molecule has 156 valence electrons. The number of hydrogen-bond acceptors (Lipinski definition) is 4. The number of unbranched alkanes of at least 4 members (excludes halogenated alkanes) is 1. The molecule has 0 unspecified atom stereocenters. The molecule has 29 heavy (non-hydrogen) atoms. The summed E-state index contributed by atoms with van der Waals surface area (Å²) in [7, 11) is 0. The first-order chi connectivity index (χ1) is 14.1. The quantitative estimate of drug-likeness (QED) is 0.552. The summed E-state index contributed by atoms with van der Waals surface area (Å²) in [6.07, 6.45) is 2.13. The van der Waals surface area contributed by atoms with Crippen molar-refractivity contribution in [2.45, 2.75) is 33.6 Å². The smallest absolute Gasteiger partial charge is 0.253 e. The van der Waals surface area contributed by atoms with Gasteiger partial charge in [0, 0.05) is 30.0 Å². The summed E-state index contributed by atoms with van der Waals surface area (Å²) in [6, 6.07) is 14.6. The topological polar surface area (TPSA) is 70.7 Å². The first kappa shape index (κ1) is 22.3. The number of benzene rings is 2. The molecule has 2 amide bonds. The van der Waals surface area contributed by atoms with Crippen LogP contribution in [0.2, 0.25) is 0 Å². The summed E-state index contributed by atoms with van der Waals surface area (Å²) in [6.45, 7) is 8.16. The van der Waals surface area contributed by atoms with Crippen LogP contribution in [0, 0.1) is 0 Å². The molecular formula is C23H31N3O3. The number of hydrogen-bond donors (Lipinski definition) is 2. The highest BCUT2D eigenvalue weighted by molar-refractivity contribution is 5.98. The van der Waals surface area contributed by atoms with E-state index < -0.39 is 0 Å². The second-order valence-electron chi connectivity index (χ2n) is 6.69. The number of ether oxygens (including phenoxy) is 1. The molecule has 0 radical (unpaired) electrons. The van der Waals surface area contributed by atoms with E-state index in [0.717, 1.165) is 24.3 Å². The third-order valence-electron chi connectivity index (χ3n) is 4.52. The van der Waals surface area contributed by atoms with Gasteiger partial charge in [-0.25, -0.2) is 0 Å². The third-order valence-corrected chi connectivity index (χ3v) is 4.52. The van der Waals surface area contributed by atoms with E-state index in [1.165, 1.54) is 0 Å². The van der Waals surface area contributed by atoms with Crippen LogP contribution in [-0.4, -0.2) is 43.0 Å². The predicted octanol–water partition coefficient (Wildman–Crippen LogP) is 4.40. The van der Waals surface area contributed by atoms with Gasteiger partial charge in [-0.3, -0.25) is 9.59 Å². The van der Waals surface area contributed by atoms with Crippen molar-refractivity contribution in [3.05, 3.63) is 54.1 Å². The van der Waals surface area contributed by atoms with Gasteiger partial charge in [-0.1, -0.05) is 19.4 Å². The molecule has 0 aromatic heterocycles. The number of amides is 2. The molecule has 6 nitrogen and oxygen atoms in total. The second-order valence-corrected chi connectivity index (χ2v) is 6.69. The molecule has 0 saturated carbocycles. The summed E-state index contributed by atoms with van der Waals surface area (Å²) in [5, 5.41) is 5.92. The van der Waals surface area contributed by atoms with E-state index in [1.54, 1.807) is 29.2 Å². The molecule has 0 aliphatic rings. The summed E-state index contributed by atoms with van der Waals surface area (Å²) in [5.41, 5.74) is 2.01. The first-order valence-corrected chi connectivity index (χ1v) is 10.2. The highest BCUT2D eigenvalue weighted by Gasteiger charge is 2.13. The predicted molar refractivity (Wildman–Crippen MR) is 118 cm³/mol. The summed E-state index contributed by atoms with van der Waals surface area (Å²) in [5.74, 6) is 0.606. The molecule has 0 saturated heterocycles. The maximum atomic E-state index is 12.5. The molecule has 0 heterocycles. The number of nitrogens with one attached hydrogen (secondary N) is 2. The SMILES string of the molecule is CCCCOc1ccc(NCC(=O)Nc2cccc(C(=O)N(CC)CC)c2)cc1. The molecule has 2 aromatic carbocycles. The van der Waals surface area contributed by atoms with Crippen molar-refractivity contribution in [2.75, 3.05) is 36.9 Å². The van der Waals surface area contributed by atoms with Crippen LogP contribution in [0.5, 0.6) is 5.75 Å². The van der Waals surface area contributed by atoms with E-state index in [1.807, 2.05) is 38.1 Å². The molecule has 0 bridgehead atoms. The fraction of sp³-hybridized carbons (Fsp3) is 0.391. The molecule has 0 atom stereocenters. The Bertz CT molecular complexity index is 786. The number of carbonyl (C=O) groups is 2. The van der Waals surface area contributed by atoms with E-state index in [4.69, 9.17) is 4.74 Å². The van der Waals surface area contributed by atoms with E-state index in [0.29, 0.717) is 30.9 Å². The minimum Gasteiger partial charge on any atom is -0.494 e. The molecule has 2 rings (SSSR count). The van der Waals surface area contributed by atoms with Gasteiger partial charge < -0.3 is 20.3 Å². The zero-order valence-corrected chi connectivity index (χ0v) is 17.5. The number of carbonyl (C=O) groups excluding carboxylic acids is 2. The summed E-state index contributed by atoms with van der Waals surface area (Å²) >= 11 is 0. The monoisotopic (exact) mass is 397 g/mol. The van der Waals surface area contributed by atoms with Gasteiger partial charge >= 0.3 is 0 Å². The zero-order chi connectivity index (χ0) is 21.1. The summed E-state index contributed by atoms with van der Waals surface area (Å²) in [4.78, 5) is 26.5. The lowest BCUT2D eigenvalue weighted by atomic mass is 10.1. The van der Waals surface area contributed by atoms with Crippen LogP contribution in [0.15, 0.2) is 48.5 Å². The van der Waals surface area contributed by atoms with E-state index >= 15 is 0 Å². The fourth-order valence-corrected chi connectivity index (χ4v) is 2.81. The highest BCUT2D eigenvalue weighted by atomic mass is 16.5. The summed E-state index contributed by atoms with van der Waals surface area (Å²) < 4.78 is 5.63. The Morgan fingerprint density at radius 1 is 0.966 bits per heavy atom. The Morgan fingerprint density at radius 2 is 1.69 bits per heavy atom. The molecule has 0 spiro atoms. The maximum Gasteiger partial charge on any atom is 0.253 e. The normalized spacial score (nSPS) is 10.3. The van der Waals surface area contributed by atoms with Gasteiger partial charge in [0.05, 0.1) is 13.2 Å². The van der Waals surface area contributed by atoms with Crippen molar-refractivity contribution in [3.8, 4) is 5.75 Å². The average molecular weight is 398 g/mol. The third kappa shape index (κ3) is 7.14. The van der Waals surface area contributed by atoms with Crippen LogP contribution in [0.4, 0.5) is 11.4 Å². The van der Waals surface area contributed by atoms with Crippen LogP contribution in [0.3, 0.4) is 0 Å². The standard InChI is InChI=1S/C23H31N3O3/c1-4-7-15-29-21-13-11-19(12-14-21)24-17-22(27)25-20-10-8-9-18(16-20)23(28)26(5-2)6-3/h8-14,16,24H,4-7,15,17H2,1-3H3,(H,25,27). The Morgan fingerprint density at radius 3 is 2.34 bits per heavy atom. The average Bonchev–Trinajstić information content (AvgIpc) is 2.74. The van der Waals surface area contributed by atoms with Gasteiger partial charge in [0.1, 0.15) is 5.75 Å². The van der Waals surface area contributed by atoms with E-state index in [-0.39, 0.29) is 18.4 Å². The highest BCUT2D eigenvalue weighted by Crippen LogP contribution is 2.16. The Kier molecular flexibility index (Phi) is 9.02. The number of nitrogens with zero attached hydrogens (tertiary/aromatic N) is 1. The number of anilines is 2. The fourth-order valence-electron chi connectivity index (χ4n) is 2.81. The Labute approximate surface area is 173 Å². The van der Waals surface area contributed by atoms with Gasteiger partial charge in [0.25, 0.3) is 5.91 Å². The zero-order valence-electron chi connectivity index (χ0n) is 17.5. The van der Waals surface area contributed by atoms with Crippen molar-refractivity contribution in [1.82, 2.24) is 4.90 Å². The Balaban J connectivity index is 1.86. The maximum absolute atomic E-state index is 12.5. The molecule has 0 fully saturated rings. The van der Waals surface area contributed by atoms with Crippen LogP contribution in [-0.2, 0) is 4.79 Å². The first-order valence-electron chi connectivity index (χ1n) is 10.2. The van der Waals surface area contributed by atoms with Gasteiger partial charge in [0.2, 0.25) is 5.91 Å². The molecule has 2 N–H and O–H groups in total. The van der Waals surface area contributed by atoms with Crippen LogP contribution in [0.25, 0.3) is 0 Å². The van der Waals surface area contributed by atoms with Gasteiger partial charge in [0.15, 0.2) is 0 Å². The van der Waals surface area contributed by atoms with Gasteiger partial charge in [-0.05, 0) is 62.7 Å². The lowest BCUT2D eigenvalue weighted by molar-refractivity contribution is -0.114. The minimum absolute atomic E-state index is 0.0366. The molecule has 0 aliphatic heterocycles. The molecule has 2 aromatic rings. The lowest BCUT2D eigenvalue weighted by Crippen LogP contribution is -2.30. The van der Waals surface area contributed by atoms with Crippen molar-refractivity contribution in [1.29, 1.82) is 0 Å². The molecular weight excluding hydrogens is 366 g/mol. The second kappa shape index (κ2) is 11.7. The van der Waals surface area contributed by atoms with Gasteiger partial charge in [-0.2, -0.15) is 0 Å². The van der Waals surface area contributed by atoms with E-state index in [9.17, 15) is 9.59 Å². The van der Waals surface area contributed by atoms with Crippen molar-refractivity contribution < 1.29 is 14.3 Å². The number of rotatable bonds is 11. The van der Waals surface area contributed by atoms with Crippen LogP contribution >= 0.6 is 0 Å². The van der Waals surface area contributed by atoms with Crippen LogP contribution in [0.1, 0.15) is 44.0 Å².